The molecule has 0 amide bonds. The standard InChI is InChI=1S/C37H42N4O6/c1-26-35(45-25-29-19-20-30-16-8-9-17-31(30)22-29)34(42)33(40-41-38)37(47-26)44-21-11-10-18-32(39-23-27-12-4-2-5-13-27)36(43)46-24-28-14-6-3-7-15-28/h2-9,12-17,19-20,22,26,32-35,37,39,42H,10-11,18,21,23-25H2,1H3/t26-,32?,33-,34-,35-,37-/m1/s1. The number of carbonyl (C=O) groups excluding carboxylic acids is 1. The summed E-state index contributed by atoms with van der Waals surface area (Å²) in [4.78, 5) is 16.0. The zero-order chi connectivity index (χ0) is 32.8. The number of nitrogens with one attached hydrogen (secondary N) is 1. The molecular formula is C37H42N4O6. The highest BCUT2D eigenvalue weighted by Crippen LogP contribution is 2.28. The van der Waals surface area contributed by atoms with Crippen LogP contribution in [0.15, 0.2) is 108 Å². The fraction of sp³-hybridized carbons (Fsp3) is 0.378. The summed E-state index contributed by atoms with van der Waals surface area (Å²) in [5.74, 6) is -0.309. The van der Waals surface area contributed by atoms with Crippen LogP contribution in [0.1, 0.15) is 42.9 Å². The fourth-order valence-corrected chi connectivity index (χ4v) is 5.70. The molecule has 0 radical (unpaired) electrons. The van der Waals surface area contributed by atoms with Crippen molar-refractivity contribution in [3.05, 3.63) is 130 Å². The highest BCUT2D eigenvalue weighted by molar-refractivity contribution is 5.83. The van der Waals surface area contributed by atoms with Crippen LogP contribution in [0.4, 0.5) is 0 Å². The first kappa shape index (κ1) is 34.1. The molecule has 6 atom stereocenters. The minimum Gasteiger partial charge on any atom is -0.460 e. The van der Waals surface area contributed by atoms with E-state index < -0.39 is 36.7 Å². The van der Waals surface area contributed by atoms with Gasteiger partial charge in [0.25, 0.3) is 0 Å². The minimum absolute atomic E-state index is 0.208. The van der Waals surface area contributed by atoms with Gasteiger partial charge < -0.3 is 29.4 Å². The molecule has 1 saturated heterocycles. The number of aliphatic hydroxyl groups is 1. The average molecular weight is 639 g/mol. The summed E-state index contributed by atoms with van der Waals surface area (Å²) in [6.45, 7) is 3.10. The number of rotatable bonds is 16. The summed E-state index contributed by atoms with van der Waals surface area (Å²) >= 11 is 0. The fourth-order valence-electron chi connectivity index (χ4n) is 5.70. The van der Waals surface area contributed by atoms with Gasteiger partial charge in [0, 0.05) is 18.1 Å². The topological polar surface area (TPSA) is 135 Å². The number of hydrogen-bond donors (Lipinski definition) is 2. The summed E-state index contributed by atoms with van der Waals surface area (Å²) in [5.41, 5.74) is 12.2. The van der Waals surface area contributed by atoms with Crippen molar-refractivity contribution in [1.82, 2.24) is 5.32 Å². The highest BCUT2D eigenvalue weighted by atomic mass is 16.7. The predicted octanol–water partition coefficient (Wildman–Crippen LogP) is 6.60. The number of nitrogens with zero attached hydrogens (tertiary/aromatic N) is 3. The molecule has 1 aliphatic rings. The van der Waals surface area contributed by atoms with E-state index in [9.17, 15) is 15.4 Å². The lowest BCUT2D eigenvalue weighted by Crippen LogP contribution is -2.57. The van der Waals surface area contributed by atoms with Gasteiger partial charge in [-0.3, -0.25) is 4.79 Å². The minimum atomic E-state index is -1.12. The van der Waals surface area contributed by atoms with Crippen LogP contribution in [0.3, 0.4) is 0 Å². The van der Waals surface area contributed by atoms with Crippen molar-refractivity contribution < 1.29 is 28.8 Å². The SMILES string of the molecule is C[C@H]1O[C@@H](OCCCCC(NCc2ccccc2)C(=O)OCc2ccccc2)[C@H](N=[N+]=[N-])[C@@H](O)[C@@H]1OCc1ccc2ccccc2c1. The van der Waals surface area contributed by atoms with Crippen molar-refractivity contribution in [2.75, 3.05) is 6.61 Å². The molecule has 0 bridgehead atoms. The largest absolute Gasteiger partial charge is 0.460 e. The zero-order valence-electron chi connectivity index (χ0n) is 26.6. The first-order valence-electron chi connectivity index (χ1n) is 16.1. The quantitative estimate of drug-likeness (QED) is 0.0464. The number of ether oxygens (including phenoxy) is 4. The molecule has 1 aliphatic heterocycles. The van der Waals surface area contributed by atoms with Crippen molar-refractivity contribution in [2.24, 2.45) is 5.11 Å². The smallest absolute Gasteiger partial charge is 0.323 e. The molecule has 10 nitrogen and oxygen atoms in total. The van der Waals surface area contributed by atoms with E-state index in [0.717, 1.165) is 27.5 Å². The van der Waals surface area contributed by atoms with Gasteiger partial charge in [0.2, 0.25) is 0 Å². The van der Waals surface area contributed by atoms with Crippen LogP contribution >= 0.6 is 0 Å². The van der Waals surface area contributed by atoms with Crippen molar-refractivity contribution in [2.45, 2.75) is 82.6 Å². The Labute approximate surface area is 275 Å². The summed E-state index contributed by atoms with van der Waals surface area (Å²) in [5, 5.41) is 20.5. The van der Waals surface area contributed by atoms with Gasteiger partial charge in [0.1, 0.15) is 24.8 Å². The lowest BCUT2D eigenvalue weighted by atomic mass is 9.98. The first-order valence-corrected chi connectivity index (χ1v) is 16.1. The Hall–Kier alpha value is -4.28. The Kier molecular flexibility index (Phi) is 12.7. The maximum Gasteiger partial charge on any atom is 0.323 e. The molecule has 47 heavy (non-hydrogen) atoms. The van der Waals surface area contributed by atoms with Crippen LogP contribution in [0.25, 0.3) is 21.2 Å². The first-order chi connectivity index (χ1) is 23.0. The molecule has 0 saturated carbocycles. The Balaban J connectivity index is 1.11. The Bertz CT molecular complexity index is 1600. The monoisotopic (exact) mass is 638 g/mol. The lowest BCUT2D eigenvalue weighted by molar-refractivity contribution is -0.265. The van der Waals surface area contributed by atoms with Gasteiger partial charge in [0.05, 0.1) is 18.8 Å². The van der Waals surface area contributed by atoms with Gasteiger partial charge in [-0.15, -0.1) is 0 Å². The highest BCUT2D eigenvalue weighted by Gasteiger charge is 2.44. The van der Waals surface area contributed by atoms with Crippen molar-refractivity contribution >= 4 is 16.7 Å². The molecule has 1 fully saturated rings. The normalized spacial score (nSPS) is 21.5. The van der Waals surface area contributed by atoms with E-state index in [2.05, 4.69) is 21.4 Å². The molecule has 1 heterocycles. The Morgan fingerprint density at radius 2 is 1.60 bits per heavy atom. The third-order valence-electron chi connectivity index (χ3n) is 8.29. The number of esters is 1. The predicted molar refractivity (Wildman–Crippen MR) is 179 cm³/mol. The molecule has 5 rings (SSSR count). The summed E-state index contributed by atoms with van der Waals surface area (Å²) in [7, 11) is 0. The van der Waals surface area contributed by atoms with E-state index in [1.54, 1.807) is 6.92 Å². The molecule has 0 spiro atoms. The van der Waals surface area contributed by atoms with E-state index in [1.807, 2.05) is 97.1 Å². The summed E-state index contributed by atoms with van der Waals surface area (Å²) in [6.07, 6.45) is -1.45. The van der Waals surface area contributed by atoms with E-state index in [4.69, 9.17) is 18.9 Å². The molecule has 246 valence electrons. The van der Waals surface area contributed by atoms with Crippen LogP contribution in [0, 0.1) is 0 Å². The number of benzene rings is 4. The van der Waals surface area contributed by atoms with Gasteiger partial charge in [-0.05, 0) is 65.2 Å². The van der Waals surface area contributed by atoms with Crippen LogP contribution < -0.4 is 5.32 Å². The molecular weight excluding hydrogens is 596 g/mol. The van der Waals surface area contributed by atoms with Gasteiger partial charge in [0.15, 0.2) is 6.29 Å². The van der Waals surface area contributed by atoms with Crippen molar-refractivity contribution in [3.63, 3.8) is 0 Å². The number of unbranched alkanes of at least 4 members (excludes halogenated alkanes) is 1. The second-order valence-electron chi connectivity index (χ2n) is 11.7. The van der Waals surface area contributed by atoms with Gasteiger partial charge >= 0.3 is 5.97 Å². The maximum atomic E-state index is 13.0. The zero-order valence-corrected chi connectivity index (χ0v) is 26.6. The van der Waals surface area contributed by atoms with Crippen LogP contribution in [0.2, 0.25) is 0 Å². The van der Waals surface area contributed by atoms with E-state index in [-0.39, 0.29) is 25.8 Å². The summed E-state index contributed by atoms with van der Waals surface area (Å²) in [6, 6.07) is 32.2. The molecule has 2 N–H and O–H groups in total. The van der Waals surface area contributed by atoms with Gasteiger partial charge in [-0.25, -0.2) is 0 Å². The van der Waals surface area contributed by atoms with Crippen molar-refractivity contribution in [1.29, 1.82) is 0 Å². The molecule has 0 aliphatic carbocycles. The van der Waals surface area contributed by atoms with Crippen LogP contribution in [0.5, 0.6) is 0 Å². The van der Waals surface area contributed by atoms with Crippen LogP contribution in [-0.2, 0) is 43.5 Å². The van der Waals surface area contributed by atoms with Gasteiger partial charge in [-0.2, -0.15) is 0 Å². The third kappa shape index (κ3) is 9.86. The lowest BCUT2D eigenvalue weighted by Gasteiger charge is -2.41. The number of carbonyl (C=O) groups is 1. The van der Waals surface area contributed by atoms with Gasteiger partial charge in [-0.1, -0.05) is 102 Å². The molecule has 1 unspecified atom stereocenters. The molecule has 4 aromatic rings. The van der Waals surface area contributed by atoms with E-state index in [0.29, 0.717) is 25.8 Å². The van der Waals surface area contributed by atoms with Crippen molar-refractivity contribution in [3.8, 4) is 0 Å². The average Bonchev–Trinajstić information content (AvgIpc) is 3.10. The third-order valence-corrected chi connectivity index (χ3v) is 8.29. The summed E-state index contributed by atoms with van der Waals surface area (Å²) < 4.78 is 23.8. The maximum absolute atomic E-state index is 13.0. The molecule has 0 aromatic heterocycles. The van der Waals surface area contributed by atoms with Crippen LogP contribution in [-0.4, -0.2) is 54.4 Å². The number of fused-ring (bicyclic) bond motifs is 1. The number of azide groups is 1. The second-order valence-corrected chi connectivity index (χ2v) is 11.7. The second kappa shape index (κ2) is 17.6. The molecule has 10 heteroatoms. The molecule has 4 aromatic carbocycles. The number of aliphatic hydroxyl groups excluding tert-OH is 1. The Morgan fingerprint density at radius 3 is 2.34 bits per heavy atom. The number of hydrogen-bond acceptors (Lipinski definition) is 8. The Morgan fingerprint density at radius 1 is 0.894 bits per heavy atom. The van der Waals surface area contributed by atoms with E-state index in [1.165, 1.54) is 0 Å². The van der Waals surface area contributed by atoms with E-state index >= 15 is 0 Å².